The molecule has 0 aliphatic rings. The molecule has 0 amide bonds. The fourth-order valence-corrected chi connectivity index (χ4v) is 6.02. The maximum absolute atomic E-state index is 11.5. The maximum Gasteiger partial charge on any atom is 0.306 e. The first kappa shape index (κ1) is 43.1. The van der Waals surface area contributed by atoms with Gasteiger partial charge in [0.1, 0.15) is 0 Å². The first-order chi connectivity index (χ1) is 21.5. The predicted octanol–water partition coefficient (Wildman–Crippen LogP) is 8.79. The van der Waals surface area contributed by atoms with Gasteiger partial charge in [0.25, 0.3) is 0 Å². The van der Waals surface area contributed by atoms with Crippen molar-refractivity contribution < 1.29 is 34.2 Å². The van der Waals surface area contributed by atoms with Crippen molar-refractivity contribution >= 4 is 17.9 Å². The number of aliphatic carboxylic acids is 3. The van der Waals surface area contributed by atoms with Crippen molar-refractivity contribution in [3.8, 4) is 0 Å². The first-order valence-corrected chi connectivity index (χ1v) is 18.7. The molecule has 0 aromatic carbocycles. The smallest absolute Gasteiger partial charge is 0.306 e. The van der Waals surface area contributed by atoms with Crippen LogP contribution in [0.3, 0.4) is 0 Å². The van der Waals surface area contributed by atoms with Crippen molar-refractivity contribution in [1.82, 2.24) is 0 Å². The monoisotopic (exact) mass is 638 g/mol. The molecule has 0 heterocycles. The summed E-state index contributed by atoms with van der Waals surface area (Å²) in [6.45, 7) is 9.98. The molecule has 0 fully saturated rings. The van der Waals surface area contributed by atoms with Gasteiger partial charge in [0.15, 0.2) is 0 Å². The third-order valence-electron chi connectivity index (χ3n) is 9.75. The van der Waals surface area contributed by atoms with Crippen LogP contribution in [-0.4, -0.2) is 58.8 Å². The highest BCUT2D eigenvalue weighted by atomic mass is 16.4. The zero-order chi connectivity index (χ0) is 33.8. The van der Waals surface area contributed by atoms with Gasteiger partial charge in [0.2, 0.25) is 0 Å². The Morgan fingerprint density at radius 1 is 0.533 bits per heavy atom. The van der Waals surface area contributed by atoms with Crippen LogP contribution < -0.4 is 5.11 Å². The minimum atomic E-state index is -1.07. The van der Waals surface area contributed by atoms with E-state index in [0.29, 0.717) is 43.4 Å². The molecule has 3 unspecified atom stereocenters. The number of quaternary nitrogens is 1. The topological polar surface area (TPSA) is 115 Å². The van der Waals surface area contributed by atoms with Crippen LogP contribution in [0.5, 0.6) is 0 Å². The number of carbonyl (C=O) groups is 3. The average molecular weight is 638 g/mol. The van der Waals surface area contributed by atoms with Crippen molar-refractivity contribution in [1.29, 1.82) is 0 Å². The second-order valence-electron chi connectivity index (χ2n) is 14.0. The molecule has 0 aliphatic carbocycles. The molecule has 2 N–H and O–H groups in total. The molecule has 0 aliphatic heterocycles. The first-order valence-electron chi connectivity index (χ1n) is 18.7. The molecule has 3 atom stereocenters. The number of nitrogens with zero attached hydrogens (tertiary/aromatic N) is 1. The Bertz CT molecular complexity index is 722. The van der Waals surface area contributed by atoms with Crippen LogP contribution in [0, 0.1) is 17.8 Å². The minimum absolute atomic E-state index is 0.442. The molecule has 0 saturated carbocycles. The molecule has 45 heavy (non-hydrogen) atoms. The van der Waals surface area contributed by atoms with Crippen LogP contribution in [0.4, 0.5) is 0 Å². The van der Waals surface area contributed by atoms with Gasteiger partial charge in [-0.05, 0) is 38.5 Å². The summed E-state index contributed by atoms with van der Waals surface area (Å²) in [4.78, 5) is 34.4. The van der Waals surface area contributed by atoms with Crippen molar-refractivity contribution in [2.45, 2.75) is 169 Å². The van der Waals surface area contributed by atoms with Gasteiger partial charge in [0.05, 0.1) is 38.0 Å². The van der Waals surface area contributed by atoms with Crippen LogP contribution in [0.1, 0.15) is 169 Å². The lowest BCUT2D eigenvalue weighted by molar-refractivity contribution is -0.929. The summed E-state index contributed by atoms with van der Waals surface area (Å²) in [5.41, 5.74) is 0. The summed E-state index contributed by atoms with van der Waals surface area (Å²) in [7, 11) is 0. The average Bonchev–Trinajstić information content (AvgIpc) is 3.01. The standard InChI is InChI=1S/C38H71NO6/c1-5-6-7-8-9-10-11-12-13-14-15-16-17-18-19-20-21-22-23-24-25-29-39(30-26-33(2)36(40)41,31-27-34(3)37(42)43)32-28-35(4)38(44)45/h17-18,33-35H,5-16,19-32H2,1-4H3,(H2-,40,41,42,43,44,45)/b18-17+. The van der Waals surface area contributed by atoms with E-state index >= 15 is 0 Å². The molecule has 0 aromatic heterocycles. The number of hydrogen-bond donors (Lipinski definition) is 2. The van der Waals surface area contributed by atoms with Crippen LogP contribution in [0.2, 0.25) is 0 Å². The van der Waals surface area contributed by atoms with Gasteiger partial charge in [-0.15, -0.1) is 0 Å². The third-order valence-corrected chi connectivity index (χ3v) is 9.75. The molecule has 7 nitrogen and oxygen atoms in total. The Morgan fingerprint density at radius 3 is 1.22 bits per heavy atom. The van der Waals surface area contributed by atoms with E-state index < -0.39 is 35.7 Å². The molecular formula is C38H71NO6. The van der Waals surface area contributed by atoms with Crippen LogP contribution >= 0.6 is 0 Å². The summed E-state index contributed by atoms with van der Waals surface area (Å²) in [6.07, 6.45) is 30.6. The molecule has 0 rings (SSSR count). The van der Waals surface area contributed by atoms with Gasteiger partial charge in [0, 0.05) is 31.1 Å². The molecule has 0 radical (unpaired) electrons. The van der Waals surface area contributed by atoms with Gasteiger partial charge in [-0.3, -0.25) is 9.59 Å². The van der Waals surface area contributed by atoms with E-state index in [0.717, 1.165) is 32.2 Å². The molecule has 7 heteroatoms. The number of carboxylic acids is 3. The summed E-state index contributed by atoms with van der Waals surface area (Å²) >= 11 is 0. The number of carbonyl (C=O) groups excluding carboxylic acids is 1. The second-order valence-corrected chi connectivity index (χ2v) is 14.0. The van der Waals surface area contributed by atoms with E-state index in [9.17, 15) is 29.7 Å². The fourth-order valence-electron chi connectivity index (χ4n) is 6.02. The van der Waals surface area contributed by atoms with E-state index in [1.165, 1.54) is 96.3 Å². The lowest BCUT2D eigenvalue weighted by Crippen LogP contribution is -2.52. The van der Waals surface area contributed by atoms with E-state index in [4.69, 9.17) is 0 Å². The molecule has 0 saturated heterocycles. The lowest BCUT2D eigenvalue weighted by atomic mass is 10.0. The van der Waals surface area contributed by atoms with Crippen LogP contribution in [0.15, 0.2) is 12.2 Å². The van der Waals surface area contributed by atoms with E-state index in [1.54, 1.807) is 20.8 Å². The highest BCUT2D eigenvalue weighted by Crippen LogP contribution is 2.22. The van der Waals surface area contributed by atoms with Crippen LogP contribution in [-0.2, 0) is 14.4 Å². The SMILES string of the molecule is CCCCCCCCCCCCC/C=C/CCCCCCCC[N+](CCC(C)C(=O)[O-])(CCC(C)C(=O)O)CCC(C)C(=O)O. The number of unbranched alkanes of at least 4 members (excludes halogenated alkanes) is 17. The Hall–Kier alpha value is -1.89. The molecule has 264 valence electrons. The van der Waals surface area contributed by atoms with E-state index in [2.05, 4.69) is 19.1 Å². The highest BCUT2D eigenvalue weighted by molar-refractivity contribution is 5.69. The number of hydrogen-bond acceptors (Lipinski definition) is 4. The molecule has 0 aromatic rings. The largest absolute Gasteiger partial charge is 0.550 e. The molecular weight excluding hydrogens is 566 g/mol. The quantitative estimate of drug-likeness (QED) is 0.0422. The zero-order valence-corrected chi connectivity index (χ0v) is 29.7. The highest BCUT2D eigenvalue weighted by Gasteiger charge is 2.30. The van der Waals surface area contributed by atoms with E-state index in [1.807, 2.05) is 0 Å². The van der Waals surface area contributed by atoms with Crippen molar-refractivity contribution in [2.24, 2.45) is 17.8 Å². The fraction of sp³-hybridized carbons (Fsp3) is 0.868. The number of carboxylic acid groups (broad SMARTS) is 3. The number of allylic oxidation sites excluding steroid dienone is 2. The van der Waals surface area contributed by atoms with Gasteiger partial charge in [-0.25, -0.2) is 0 Å². The Morgan fingerprint density at radius 2 is 0.867 bits per heavy atom. The Kier molecular flexibility index (Phi) is 27.2. The lowest BCUT2D eigenvalue weighted by Gasteiger charge is -2.41. The van der Waals surface area contributed by atoms with Crippen LogP contribution in [0.25, 0.3) is 0 Å². The normalized spacial score (nSPS) is 15.1. The van der Waals surface area contributed by atoms with Gasteiger partial charge >= 0.3 is 11.9 Å². The Labute approximate surface area is 276 Å². The predicted molar refractivity (Wildman–Crippen MR) is 184 cm³/mol. The minimum Gasteiger partial charge on any atom is -0.550 e. The summed E-state index contributed by atoms with van der Waals surface area (Å²) < 4.78 is 0.580. The van der Waals surface area contributed by atoms with Crippen molar-refractivity contribution in [3.05, 3.63) is 12.2 Å². The Balaban J connectivity index is 4.38. The van der Waals surface area contributed by atoms with Gasteiger partial charge < -0.3 is 24.6 Å². The third kappa shape index (κ3) is 24.9. The van der Waals surface area contributed by atoms with Crippen molar-refractivity contribution in [2.75, 3.05) is 26.2 Å². The molecule has 0 bridgehead atoms. The summed E-state index contributed by atoms with van der Waals surface area (Å²) in [5, 5.41) is 30.3. The molecule has 0 spiro atoms. The van der Waals surface area contributed by atoms with Gasteiger partial charge in [-0.1, -0.05) is 123 Å². The summed E-state index contributed by atoms with van der Waals surface area (Å²) in [5.74, 6) is -4.32. The second kappa shape index (κ2) is 28.3. The summed E-state index contributed by atoms with van der Waals surface area (Å²) in [6, 6.07) is 0. The zero-order valence-electron chi connectivity index (χ0n) is 29.7. The van der Waals surface area contributed by atoms with Crippen molar-refractivity contribution in [3.63, 3.8) is 0 Å². The number of rotatable bonds is 33. The maximum atomic E-state index is 11.5. The van der Waals surface area contributed by atoms with Gasteiger partial charge in [-0.2, -0.15) is 0 Å². The van der Waals surface area contributed by atoms with E-state index in [-0.39, 0.29) is 0 Å².